The molecule has 6 heteroatoms. The lowest BCUT2D eigenvalue weighted by atomic mass is 10.1. The molecule has 0 bridgehead atoms. The van der Waals surface area contributed by atoms with Crippen molar-refractivity contribution in [3.8, 4) is 11.8 Å². The van der Waals surface area contributed by atoms with Crippen molar-refractivity contribution in [3.05, 3.63) is 77.2 Å². The first kappa shape index (κ1) is 18.2. The number of thioether (sulfide) groups is 1. The lowest BCUT2D eigenvalue weighted by Gasteiger charge is -2.17. The van der Waals surface area contributed by atoms with Crippen LogP contribution in [0.1, 0.15) is 5.56 Å². The Kier molecular flexibility index (Phi) is 5.11. The highest BCUT2D eigenvalue weighted by Crippen LogP contribution is 2.38. The highest BCUT2D eigenvalue weighted by molar-refractivity contribution is 8.27. The molecule has 0 spiro atoms. The van der Waals surface area contributed by atoms with E-state index in [1.165, 1.54) is 11.8 Å². The lowest BCUT2D eigenvalue weighted by Crippen LogP contribution is -2.27. The Balaban J connectivity index is 1.64. The van der Waals surface area contributed by atoms with Crippen LogP contribution in [0.15, 0.2) is 71.6 Å². The Morgan fingerprint density at radius 1 is 1.07 bits per heavy atom. The number of amides is 1. The second-order valence-corrected chi connectivity index (χ2v) is 7.71. The zero-order valence-corrected chi connectivity index (χ0v) is 16.3. The van der Waals surface area contributed by atoms with Crippen LogP contribution >= 0.6 is 24.0 Å². The molecule has 0 aromatic heterocycles. The van der Waals surface area contributed by atoms with Crippen LogP contribution in [0, 0.1) is 11.3 Å². The molecule has 4 rings (SSSR count). The largest absolute Gasteiger partial charge is 0.479 e. The first-order valence-corrected chi connectivity index (χ1v) is 9.75. The van der Waals surface area contributed by atoms with Gasteiger partial charge in [0.2, 0.25) is 0 Å². The molecule has 3 aromatic rings. The number of ether oxygens (including phenoxy) is 1. The summed E-state index contributed by atoms with van der Waals surface area (Å²) >= 11 is 6.79. The van der Waals surface area contributed by atoms with Gasteiger partial charge in [-0.1, -0.05) is 72.5 Å². The first-order chi connectivity index (χ1) is 13.7. The first-order valence-electron chi connectivity index (χ1n) is 8.53. The fourth-order valence-electron chi connectivity index (χ4n) is 3.01. The zero-order valence-electron chi connectivity index (χ0n) is 14.7. The molecule has 1 amide bonds. The maximum atomic E-state index is 13.1. The molecule has 1 saturated heterocycles. The molecule has 0 unspecified atom stereocenters. The van der Waals surface area contributed by atoms with Gasteiger partial charge in [-0.15, -0.1) is 0 Å². The monoisotopic (exact) mass is 402 g/mol. The second kappa shape index (κ2) is 7.85. The van der Waals surface area contributed by atoms with Crippen LogP contribution in [0.4, 0.5) is 5.69 Å². The summed E-state index contributed by atoms with van der Waals surface area (Å²) in [4.78, 5) is 15.2. The summed E-state index contributed by atoms with van der Waals surface area (Å²) in [6, 6.07) is 23.0. The minimum absolute atomic E-state index is 0.00301. The standard InChI is InChI=1S/C22H14N2O2S2/c23-12-13-26-17-10-8-15(9-11-17)14-20-21(25)24(22(27)28-20)19-7-3-5-16-4-1-2-6-18(16)19/h1-11,14H,13H2/b20-14+. The summed E-state index contributed by atoms with van der Waals surface area (Å²) in [7, 11) is 0. The number of hydrogen-bond acceptors (Lipinski definition) is 5. The van der Waals surface area contributed by atoms with Crippen molar-refractivity contribution in [3.63, 3.8) is 0 Å². The van der Waals surface area contributed by atoms with Gasteiger partial charge in [0.25, 0.3) is 5.91 Å². The van der Waals surface area contributed by atoms with Crippen molar-refractivity contribution in [2.75, 3.05) is 11.5 Å². The molecule has 0 N–H and O–H groups in total. The average molecular weight is 403 g/mol. The van der Waals surface area contributed by atoms with Crippen molar-refractivity contribution in [1.82, 2.24) is 0 Å². The van der Waals surface area contributed by atoms with Gasteiger partial charge in [-0.25, -0.2) is 0 Å². The minimum Gasteiger partial charge on any atom is -0.479 e. The van der Waals surface area contributed by atoms with Crippen molar-refractivity contribution >= 4 is 56.7 Å². The molecular formula is C22H14N2O2S2. The summed E-state index contributed by atoms with van der Waals surface area (Å²) < 4.78 is 5.77. The van der Waals surface area contributed by atoms with Crippen LogP contribution in [0.25, 0.3) is 16.8 Å². The number of thiocarbonyl (C=S) groups is 1. The van der Waals surface area contributed by atoms with E-state index < -0.39 is 0 Å². The third-order valence-electron chi connectivity index (χ3n) is 4.28. The van der Waals surface area contributed by atoms with Gasteiger partial charge in [0.1, 0.15) is 11.8 Å². The van der Waals surface area contributed by atoms with E-state index >= 15 is 0 Å². The number of nitrogens with zero attached hydrogens (tertiary/aromatic N) is 2. The van der Waals surface area contributed by atoms with E-state index in [4.69, 9.17) is 22.2 Å². The molecule has 0 saturated carbocycles. The topological polar surface area (TPSA) is 53.3 Å². The van der Waals surface area contributed by atoms with Crippen LogP contribution in [0.3, 0.4) is 0 Å². The van der Waals surface area contributed by atoms with Crippen molar-refractivity contribution in [2.24, 2.45) is 0 Å². The molecule has 136 valence electrons. The number of carbonyl (C=O) groups excluding carboxylic acids is 1. The Labute approximate surface area is 172 Å². The molecule has 4 nitrogen and oxygen atoms in total. The lowest BCUT2D eigenvalue weighted by molar-refractivity contribution is -0.113. The molecule has 28 heavy (non-hydrogen) atoms. The third kappa shape index (κ3) is 3.50. The number of nitriles is 1. The van der Waals surface area contributed by atoms with E-state index in [9.17, 15) is 4.79 Å². The van der Waals surface area contributed by atoms with Crippen molar-refractivity contribution in [1.29, 1.82) is 5.26 Å². The average Bonchev–Trinajstić information content (AvgIpc) is 3.00. The van der Waals surface area contributed by atoms with Crippen molar-refractivity contribution in [2.45, 2.75) is 0 Å². The van der Waals surface area contributed by atoms with E-state index in [0.717, 1.165) is 22.0 Å². The molecule has 1 fully saturated rings. The number of anilines is 1. The van der Waals surface area contributed by atoms with Gasteiger partial charge >= 0.3 is 0 Å². The fraction of sp³-hybridized carbons (Fsp3) is 0.0455. The molecule has 0 radical (unpaired) electrons. The van der Waals surface area contributed by atoms with Gasteiger partial charge in [0.15, 0.2) is 10.9 Å². The molecule has 1 aliphatic heterocycles. The van der Waals surface area contributed by atoms with E-state index in [1.807, 2.05) is 66.7 Å². The number of benzene rings is 3. The Morgan fingerprint density at radius 2 is 1.82 bits per heavy atom. The highest BCUT2D eigenvalue weighted by atomic mass is 32.2. The molecule has 0 aliphatic carbocycles. The molecule has 1 aliphatic rings. The SMILES string of the molecule is N#CCOc1ccc(/C=C2/SC(=S)N(c3cccc4ccccc34)C2=O)cc1. The normalized spacial score (nSPS) is 15.2. The fourth-order valence-corrected chi connectivity index (χ4v) is 4.29. The summed E-state index contributed by atoms with van der Waals surface area (Å²) in [6.07, 6.45) is 1.82. The molecule has 1 heterocycles. The number of hydrogen-bond donors (Lipinski definition) is 0. The number of rotatable bonds is 4. The Morgan fingerprint density at radius 3 is 2.61 bits per heavy atom. The quantitative estimate of drug-likeness (QED) is 0.446. The van der Waals surface area contributed by atoms with Crippen LogP contribution in [0.5, 0.6) is 5.75 Å². The minimum atomic E-state index is -0.129. The van der Waals surface area contributed by atoms with Crippen molar-refractivity contribution < 1.29 is 9.53 Å². The maximum absolute atomic E-state index is 13.1. The molecule has 0 atom stereocenters. The zero-order chi connectivity index (χ0) is 19.5. The Bertz CT molecular complexity index is 1140. The van der Waals surface area contributed by atoms with Crippen LogP contribution in [-0.4, -0.2) is 16.8 Å². The molecule has 3 aromatic carbocycles. The van der Waals surface area contributed by atoms with Gasteiger partial charge in [-0.3, -0.25) is 9.69 Å². The van der Waals surface area contributed by atoms with Crippen LogP contribution in [0.2, 0.25) is 0 Å². The summed E-state index contributed by atoms with van der Waals surface area (Å²) in [5.41, 5.74) is 1.66. The van der Waals surface area contributed by atoms with Gasteiger partial charge in [0, 0.05) is 5.39 Å². The molecular weight excluding hydrogens is 388 g/mol. The van der Waals surface area contributed by atoms with E-state index in [-0.39, 0.29) is 12.5 Å². The van der Waals surface area contributed by atoms with E-state index in [1.54, 1.807) is 17.0 Å². The Hall–Kier alpha value is -3.14. The maximum Gasteiger partial charge on any atom is 0.270 e. The smallest absolute Gasteiger partial charge is 0.270 e. The summed E-state index contributed by atoms with van der Waals surface area (Å²) in [5.74, 6) is 0.484. The predicted molar refractivity (Wildman–Crippen MR) is 117 cm³/mol. The number of fused-ring (bicyclic) bond motifs is 1. The third-order valence-corrected chi connectivity index (χ3v) is 5.58. The predicted octanol–water partition coefficient (Wildman–Crippen LogP) is 5.15. The van der Waals surface area contributed by atoms with Gasteiger partial charge in [-0.2, -0.15) is 5.26 Å². The van der Waals surface area contributed by atoms with E-state index in [2.05, 4.69) is 0 Å². The number of carbonyl (C=O) groups is 1. The van der Waals surface area contributed by atoms with Gasteiger partial charge < -0.3 is 4.74 Å². The highest BCUT2D eigenvalue weighted by Gasteiger charge is 2.34. The van der Waals surface area contributed by atoms with Crippen LogP contribution in [-0.2, 0) is 4.79 Å². The summed E-state index contributed by atoms with van der Waals surface area (Å²) in [6.45, 7) is 0.00301. The van der Waals surface area contributed by atoms with Gasteiger partial charge in [0.05, 0.1) is 10.6 Å². The van der Waals surface area contributed by atoms with Crippen LogP contribution < -0.4 is 9.64 Å². The second-order valence-electron chi connectivity index (χ2n) is 6.03. The summed E-state index contributed by atoms with van der Waals surface area (Å²) in [5, 5.41) is 10.6. The van der Waals surface area contributed by atoms with Gasteiger partial charge in [-0.05, 0) is 35.2 Å². The van der Waals surface area contributed by atoms with E-state index in [0.29, 0.717) is 15.0 Å².